The van der Waals surface area contributed by atoms with Crippen molar-refractivity contribution in [3.63, 3.8) is 0 Å². The topological polar surface area (TPSA) is 75.2 Å². The zero-order valence-corrected chi connectivity index (χ0v) is 20.8. The summed E-state index contributed by atoms with van der Waals surface area (Å²) in [5.41, 5.74) is 8.77. The van der Waals surface area contributed by atoms with Gasteiger partial charge in [0.25, 0.3) is 6.54 Å². The van der Waals surface area contributed by atoms with Crippen LogP contribution >= 0.6 is 11.3 Å². The Hall–Kier alpha value is -3.28. The van der Waals surface area contributed by atoms with E-state index in [2.05, 4.69) is 44.2 Å². The van der Waals surface area contributed by atoms with E-state index in [1.165, 1.54) is 29.0 Å². The number of primary amides is 1. The van der Waals surface area contributed by atoms with Gasteiger partial charge in [-0.2, -0.15) is 0 Å². The minimum Gasteiger partial charge on any atom is -0.491 e. The molecular formula is C27H32N5O2S+. The van der Waals surface area contributed by atoms with Crippen molar-refractivity contribution in [1.82, 2.24) is 4.90 Å². The van der Waals surface area contributed by atoms with Gasteiger partial charge in [0.15, 0.2) is 0 Å². The van der Waals surface area contributed by atoms with Crippen LogP contribution in [-0.2, 0) is 6.42 Å². The van der Waals surface area contributed by atoms with Crippen LogP contribution in [0.2, 0.25) is 0 Å². The van der Waals surface area contributed by atoms with Gasteiger partial charge in [0.2, 0.25) is 0 Å². The summed E-state index contributed by atoms with van der Waals surface area (Å²) in [4.78, 5) is 20.6. The SMILES string of the molecule is NC(=O)Nc1cc2cc(C#[N+]CCCCN3CCCN(c4cccc5c4OCC5)CC3)ccc2s1. The molecule has 3 N–H and O–H groups in total. The highest BCUT2D eigenvalue weighted by molar-refractivity contribution is 7.22. The van der Waals surface area contributed by atoms with E-state index in [1.807, 2.05) is 24.3 Å². The third kappa shape index (κ3) is 5.87. The van der Waals surface area contributed by atoms with E-state index in [-0.39, 0.29) is 0 Å². The predicted octanol–water partition coefficient (Wildman–Crippen LogP) is 5.00. The number of nitrogens with one attached hydrogen (secondary N) is 1. The molecule has 2 amide bonds. The first-order chi connectivity index (χ1) is 17.2. The number of anilines is 2. The number of benzene rings is 2. The van der Waals surface area contributed by atoms with E-state index in [0.717, 1.165) is 91.5 Å². The molecule has 0 unspecified atom stereocenters. The zero-order chi connectivity index (χ0) is 24.0. The molecule has 0 bridgehead atoms. The number of urea groups is 1. The average Bonchev–Trinajstić information content (AvgIpc) is 3.41. The number of carbonyl (C=O) groups is 1. The van der Waals surface area contributed by atoms with Gasteiger partial charge in [-0.3, -0.25) is 5.32 Å². The summed E-state index contributed by atoms with van der Waals surface area (Å²) in [6.45, 7) is 7.08. The van der Waals surface area contributed by atoms with Gasteiger partial charge in [-0.1, -0.05) is 17.0 Å². The highest BCUT2D eigenvalue weighted by Gasteiger charge is 2.22. The first-order valence-corrected chi connectivity index (χ1v) is 13.2. The van der Waals surface area contributed by atoms with Crippen molar-refractivity contribution in [2.24, 2.45) is 5.73 Å². The van der Waals surface area contributed by atoms with Crippen LogP contribution in [-0.4, -0.2) is 56.8 Å². The minimum atomic E-state index is -0.545. The summed E-state index contributed by atoms with van der Waals surface area (Å²) in [6, 6.07) is 17.2. The largest absolute Gasteiger partial charge is 0.491 e. The molecule has 7 nitrogen and oxygen atoms in total. The molecule has 2 aliphatic rings. The third-order valence-electron chi connectivity index (χ3n) is 6.59. The maximum Gasteiger partial charge on any atom is 0.317 e. The Kier molecular flexibility index (Phi) is 7.36. The smallest absolute Gasteiger partial charge is 0.317 e. The van der Waals surface area contributed by atoms with Crippen molar-refractivity contribution >= 4 is 38.1 Å². The van der Waals surface area contributed by atoms with Crippen LogP contribution in [0.15, 0.2) is 42.5 Å². The number of unbranched alkanes of at least 4 members (excludes halogenated alkanes) is 1. The quantitative estimate of drug-likeness (QED) is 0.477. The molecular weight excluding hydrogens is 458 g/mol. The van der Waals surface area contributed by atoms with Gasteiger partial charge in [0.1, 0.15) is 11.3 Å². The Labute approximate surface area is 210 Å². The molecule has 0 saturated carbocycles. The number of fused-ring (bicyclic) bond motifs is 2. The van der Waals surface area contributed by atoms with E-state index in [9.17, 15) is 4.79 Å². The minimum absolute atomic E-state index is 0.545. The summed E-state index contributed by atoms with van der Waals surface area (Å²) in [7, 11) is 0. The molecule has 0 spiro atoms. The normalized spacial score (nSPS) is 15.7. The van der Waals surface area contributed by atoms with Crippen molar-refractivity contribution in [2.75, 3.05) is 56.1 Å². The Morgan fingerprint density at radius 1 is 1.14 bits per heavy atom. The van der Waals surface area contributed by atoms with Gasteiger partial charge >= 0.3 is 12.1 Å². The summed E-state index contributed by atoms with van der Waals surface area (Å²) >= 11 is 1.50. The number of rotatable bonds is 6. The van der Waals surface area contributed by atoms with E-state index in [0.29, 0.717) is 0 Å². The number of carbonyl (C=O) groups excluding carboxylic acids is 1. The van der Waals surface area contributed by atoms with Crippen LogP contribution in [0.1, 0.15) is 30.4 Å². The standard InChI is InChI=1S/C27H31N5O2S/c28-27(33)30-25-18-22-17-20(7-8-24(22)35-25)19-29-10-1-2-11-31-12-4-13-32(15-14-31)23-6-3-5-21-9-16-34-26(21)23/h3,5-8,17-18H,1-2,4,9-16H2,(H2-,28,30,33)/p+1. The summed E-state index contributed by atoms with van der Waals surface area (Å²) in [6.07, 6.45) is 4.40. The zero-order valence-electron chi connectivity index (χ0n) is 20.0. The Morgan fingerprint density at radius 3 is 3.00 bits per heavy atom. The van der Waals surface area contributed by atoms with Crippen LogP contribution in [0.25, 0.3) is 14.9 Å². The first kappa shape index (κ1) is 23.5. The highest BCUT2D eigenvalue weighted by atomic mass is 32.1. The Morgan fingerprint density at radius 2 is 2.09 bits per heavy atom. The van der Waals surface area contributed by atoms with Crippen LogP contribution in [0.4, 0.5) is 15.5 Å². The van der Waals surface area contributed by atoms with Gasteiger partial charge < -0.3 is 20.3 Å². The molecule has 1 fully saturated rings. The van der Waals surface area contributed by atoms with Crippen molar-refractivity contribution in [2.45, 2.75) is 25.7 Å². The Bertz CT molecular complexity index is 1260. The third-order valence-corrected chi connectivity index (χ3v) is 7.62. The number of nitrogens with zero attached hydrogens (tertiary/aromatic N) is 3. The molecule has 3 heterocycles. The monoisotopic (exact) mass is 490 g/mol. The fraction of sp³-hybridized carbons (Fsp3) is 0.407. The summed E-state index contributed by atoms with van der Waals surface area (Å²) in [5.74, 6) is 1.11. The first-order valence-electron chi connectivity index (χ1n) is 12.4. The molecule has 182 valence electrons. The molecule has 2 aliphatic heterocycles. The Balaban J connectivity index is 1.06. The van der Waals surface area contributed by atoms with Crippen LogP contribution in [0, 0.1) is 6.07 Å². The fourth-order valence-electron chi connectivity index (χ4n) is 4.85. The highest BCUT2D eigenvalue weighted by Crippen LogP contribution is 2.36. The van der Waals surface area contributed by atoms with Crippen molar-refractivity contribution in [1.29, 1.82) is 0 Å². The lowest BCUT2D eigenvalue weighted by Crippen LogP contribution is -2.31. The van der Waals surface area contributed by atoms with Crippen molar-refractivity contribution < 1.29 is 9.53 Å². The maximum absolute atomic E-state index is 11.0. The molecule has 8 heteroatoms. The molecule has 1 aromatic heterocycles. The summed E-state index contributed by atoms with van der Waals surface area (Å²) in [5, 5.41) is 4.44. The molecule has 35 heavy (non-hydrogen) atoms. The lowest BCUT2D eigenvalue weighted by atomic mass is 10.1. The number of thiophene rings is 1. The van der Waals surface area contributed by atoms with Gasteiger partial charge in [0.05, 0.1) is 17.3 Å². The number of nitrogens with two attached hydrogens (primary N) is 1. The van der Waals surface area contributed by atoms with Crippen molar-refractivity contribution in [3.8, 4) is 11.8 Å². The molecule has 2 aromatic carbocycles. The molecule has 0 radical (unpaired) electrons. The number of para-hydroxylation sites is 1. The van der Waals surface area contributed by atoms with Gasteiger partial charge in [-0.15, -0.1) is 11.3 Å². The lowest BCUT2D eigenvalue weighted by molar-refractivity contribution is 0.259. The second kappa shape index (κ2) is 11.0. The van der Waals surface area contributed by atoms with Crippen LogP contribution < -0.4 is 20.7 Å². The second-order valence-electron chi connectivity index (χ2n) is 9.10. The fourth-order valence-corrected chi connectivity index (χ4v) is 5.80. The summed E-state index contributed by atoms with van der Waals surface area (Å²) < 4.78 is 7.03. The molecule has 1 saturated heterocycles. The van der Waals surface area contributed by atoms with E-state index < -0.39 is 6.03 Å². The van der Waals surface area contributed by atoms with Gasteiger partial charge in [-0.25, -0.2) is 4.79 Å². The number of ether oxygens (including phenoxy) is 1. The molecule has 0 atom stereocenters. The van der Waals surface area contributed by atoms with E-state index in [4.69, 9.17) is 10.5 Å². The predicted molar refractivity (Wildman–Crippen MR) is 144 cm³/mol. The number of hydrogen-bond donors (Lipinski definition) is 2. The van der Waals surface area contributed by atoms with Crippen molar-refractivity contribution in [3.05, 3.63) is 58.4 Å². The molecule has 3 aromatic rings. The van der Waals surface area contributed by atoms with E-state index >= 15 is 0 Å². The maximum atomic E-state index is 11.0. The van der Waals surface area contributed by atoms with Gasteiger partial charge in [-0.05, 0) is 67.2 Å². The average molecular weight is 491 g/mol. The molecule has 0 aliphatic carbocycles. The molecule has 5 rings (SSSR count). The van der Waals surface area contributed by atoms with Crippen LogP contribution in [0.5, 0.6) is 5.75 Å². The lowest BCUT2D eigenvalue weighted by Gasteiger charge is -2.25. The number of amides is 2. The van der Waals surface area contributed by atoms with Crippen LogP contribution in [0.3, 0.4) is 0 Å². The second-order valence-corrected chi connectivity index (χ2v) is 10.2. The van der Waals surface area contributed by atoms with E-state index in [1.54, 1.807) is 0 Å². The number of hydrogen-bond acceptors (Lipinski definition) is 5. The van der Waals surface area contributed by atoms with Gasteiger partial charge in [0, 0.05) is 37.2 Å².